The monoisotopic (exact) mass is 1660 g/mol. The van der Waals surface area contributed by atoms with E-state index in [9.17, 15) is 0 Å². The van der Waals surface area contributed by atoms with E-state index in [1.807, 2.05) is 18.7 Å². The van der Waals surface area contributed by atoms with Crippen molar-refractivity contribution in [2.75, 3.05) is 184 Å². The summed E-state index contributed by atoms with van der Waals surface area (Å²) >= 11 is 3.58. The lowest BCUT2D eigenvalue weighted by Crippen LogP contribution is -2.37. The summed E-state index contributed by atoms with van der Waals surface area (Å²) < 4.78 is 29.1. The molecule has 39 heteroatoms. The Hall–Kier alpha value is -12.7. The summed E-state index contributed by atoms with van der Waals surface area (Å²) in [6, 6.07) is 22.0. The maximum absolute atomic E-state index is 5.77. The van der Waals surface area contributed by atoms with Crippen LogP contribution < -0.4 is 52.3 Å². The van der Waals surface area contributed by atoms with Gasteiger partial charge in [-0.1, -0.05) is 58.2 Å². The molecule has 0 aliphatic carbocycles. The molecule has 2 aromatic carbocycles. The van der Waals surface area contributed by atoms with Crippen LogP contribution in [0.2, 0.25) is 0 Å². The van der Waals surface area contributed by atoms with Crippen LogP contribution in [0.1, 0.15) is 72.5 Å². The molecule has 612 valence electrons. The fourth-order valence-electron chi connectivity index (χ4n) is 14.7. The second kappa shape index (κ2) is 36.6. The highest BCUT2D eigenvalue weighted by atomic mass is 79.9. The molecule has 2 atom stereocenters. The highest BCUT2D eigenvalue weighted by Crippen LogP contribution is 2.37. The molecule has 2 unspecified atom stereocenters. The Balaban J connectivity index is 0.000000124. The van der Waals surface area contributed by atoms with Crippen LogP contribution in [-0.2, 0) is 18.9 Å². The number of fused-ring (bicyclic) bond motifs is 4. The SMILES string of the molecule is C.C.CCC(C)n1c(Br)nc2c(-c3cnc(N)cn3)nc(N3CCOCC3)nc21.Nc1cnc(-c2nc(N3CCOCC3)nc3c2ncn3C2CCN(c3ccccc3)C2)cn1.Nc1cnc(-c2nc(N3CCOCC3)nc3c2ncn3C2CCN(c3ccccc3)CC2)cn1.Nc1cnc(-c2nc(N3CCOCC3)nc3nc[nH]c23)cn1. The Kier molecular flexibility index (Phi) is 25.0. The lowest BCUT2D eigenvalue weighted by Gasteiger charge is -2.34. The smallest absolute Gasteiger partial charge is 0.228 e. The summed E-state index contributed by atoms with van der Waals surface area (Å²) in [7, 11) is 0. The molecule has 0 saturated carbocycles. The predicted octanol–water partition coefficient (Wildman–Crippen LogP) is 8.63. The summed E-state index contributed by atoms with van der Waals surface area (Å²) in [5.74, 6) is 4.09. The number of nitrogens with two attached hydrogens (primary N) is 4. The van der Waals surface area contributed by atoms with Gasteiger partial charge < -0.3 is 90.0 Å². The first-order valence-electron chi connectivity index (χ1n) is 38.8. The molecule has 6 fully saturated rings. The van der Waals surface area contributed by atoms with Gasteiger partial charge in [0.2, 0.25) is 23.8 Å². The minimum Gasteiger partial charge on any atom is -0.382 e. The van der Waals surface area contributed by atoms with E-state index in [1.165, 1.54) is 23.8 Å². The summed E-state index contributed by atoms with van der Waals surface area (Å²) in [5, 5.41) is 0. The van der Waals surface area contributed by atoms with Gasteiger partial charge in [-0.3, -0.25) is 0 Å². The average molecular weight is 1660 g/mol. The van der Waals surface area contributed by atoms with Gasteiger partial charge in [0, 0.05) is 102 Å². The lowest BCUT2D eigenvalue weighted by atomic mass is 10.0. The van der Waals surface area contributed by atoms with Gasteiger partial charge in [0.05, 0.1) is 127 Å². The normalized spacial score (nSPS) is 16.8. The third-order valence-corrected chi connectivity index (χ3v) is 21.7. The van der Waals surface area contributed by atoms with Crippen molar-refractivity contribution in [2.45, 2.75) is 72.5 Å². The molecule has 118 heavy (non-hydrogen) atoms. The minimum absolute atomic E-state index is 0. The van der Waals surface area contributed by atoms with Gasteiger partial charge in [-0.15, -0.1) is 0 Å². The van der Waals surface area contributed by atoms with Crippen LogP contribution in [0.4, 0.5) is 58.4 Å². The van der Waals surface area contributed by atoms with Crippen molar-refractivity contribution in [3.05, 3.63) is 134 Å². The van der Waals surface area contributed by atoms with Gasteiger partial charge in [0.15, 0.2) is 27.3 Å². The number of anilines is 10. The summed E-state index contributed by atoms with van der Waals surface area (Å²) in [5.41, 5.74) is 36.4. The number of piperidine rings is 1. The Morgan fingerprint density at radius 1 is 0.398 bits per heavy atom. The molecule has 14 aromatic rings. The zero-order valence-electron chi connectivity index (χ0n) is 64.1. The molecule has 6 aliphatic heterocycles. The number of halogens is 1. The zero-order chi connectivity index (χ0) is 79.0. The van der Waals surface area contributed by atoms with Crippen LogP contribution in [0.5, 0.6) is 0 Å². The molecule has 0 radical (unpaired) electrons. The lowest BCUT2D eigenvalue weighted by molar-refractivity contribution is 0.122. The van der Waals surface area contributed by atoms with Crippen LogP contribution in [0.15, 0.2) is 134 Å². The molecular formula is C79H95BrN34O4. The highest BCUT2D eigenvalue weighted by molar-refractivity contribution is 9.10. The molecule has 12 aromatic heterocycles. The molecular weight excluding hydrogens is 1570 g/mol. The maximum Gasteiger partial charge on any atom is 0.228 e. The standard InChI is InChI=1S/C24H27N9O.C23H25N9O.C17H21BrN8O.C13H14N8O.2CH4/c25-20-15-26-19(14-27-20)21-22-23(30-24(29-21)32-10-12-34-13-11-32)33(16-28-22)18-6-8-31(9-7-18)17-4-2-1-3-5-17;24-19-13-25-18(12-26-19)20-21-22(29-23(28-20)30-8-10-33-11-9-30)32(15-27-21)17-6-7-31(14-17)16-4-2-1-3-5-16;1-3-10(2)26-15-14(22-16(26)18)13(11-8-21-12(19)9-20-11)23-17(24-15)25-4-6-27-7-5-25;14-9-6-15-8(5-16-9)10-11-12(18-7-17-11)20-13(19-10)21-1-3-22-4-2-21;;/h1-5,14-16,18H,6-13H2,(H2,25,27);1-5,12-13,15,17H,6-11,14H2,(H2,24,26);8-10H,3-7H2,1-2H3,(H2,19,21);5-7H,1-4H2,(H2,14,16)(H,17,18,19,20);2*1H4. The van der Waals surface area contributed by atoms with Gasteiger partial charge >= 0.3 is 0 Å². The number of aromatic nitrogens is 24. The van der Waals surface area contributed by atoms with E-state index < -0.39 is 0 Å². The molecule has 6 aliphatic rings. The van der Waals surface area contributed by atoms with Crippen molar-refractivity contribution in [2.24, 2.45) is 0 Å². The van der Waals surface area contributed by atoms with E-state index in [2.05, 4.69) is 192 Å². The zero-order valence-corrected chi connectivity index (χ0v) is 65.7. The predicted molar refractivity (Wildman–Crippen MR) is 457 cm³/mol. The van der Waals surface area contributed by atoms with Crippen LogP contribution in [0.3, 0.4) is 0 Å². The van der Waals surface area contributed by atoms with E-state index in [4.69, 9.17) is 81.8 Å². The number of nitrogen functional groups attached to an aromatic ring is 4. The fraction of sp³-hybridized carbons (Fsp3) is 0.392. The number of para-hydroxylation sites is 2. The first kappa shape index (κ1) is 80.5. The van der Waals surface area contributed by atoms with Crippen molar-refractivity contribution < 1.29 is 18.9 Å². The Morgan fingerprint density at radius 2 is 0.771 bits per heavy atom. The van der Waals surface area contributed by atoms with Gasteiger partial charge in [-0.2, -0.15) is 19.9 Å². The highest BCUT2D eigenvalue weighted by Gasteiger charge is 2.32. The van der Waals surface area contributed by atoms with Crippen molar-refractivity contribution in [1.29, 1.82) is 0 Å². The second-order valence-electron chi connectivity index (χ2n) is 28.4. The molecule has 0 amide bonds. The maximum atomic E-state index is 5.77. The number of ether oxygens (including phenoxy) is 4. The molecule has 38 nitrogen and oxygen atoms in total. The number of nitrogens with one attached hydrogen (secondary N) is 1. The molecule has 0 bridgehead atoms. The minimum atomic E-state index is 0. The van der Waals surface area contributed by atoms with E-state index in [0.29, 0.717) is 163 Å². The van der Waals surface area contributed by atoms with E-state index in [1.54, 1.807) is 43.5 Å². The molecule has 20 rings (SSSR count). The van der Waals surface area contributed by atoms with Crippen LogP contribution in [-0.4, -0.2) is 250 Å². The number of benzene rings is 2. The van der Waals surface area contributed by atoms with Gasteiger partial charge in [-0.05, 0) is 72.8 Å². The number of hydrogen-bond acceptors (Lipinski definition) is 34. The second-order valence-corrected chi connectivity index (χ2v) is 29.1. The van der Waals surface area contributed by atoms with Crippen molar-refractivity contribution in [3.63, 3.8) is 0 Å². The number of H-pyrrole nitrogens is 1. The summed E-state index contributed by atoms with van der Waals surface area (Å²) in [6.45, 7) is 19.5. The third-order valence-electron chi connectivity index (χ3n) is 21.1. The number of rotatable bonds is 14. The Labute approximate surface area is 688 Å². The number of hydrogen-bond donors (Lipinski definition) is 5. The average Bonchev–Trinajstić information content (AvgIpc) is 1.61. The van der Waals surface area contributed by atoms with Crippen molar-refractivity contribution in [3.8, 4) is 45.6 Å². The van der Waals surface area contributed by atoms with E-state index in [0.717, 1.165) is 142 Å². The van der Waals surface area contributed by atoms with E-state index in [-0.39, 0.29) is 26.9 Å². The summed E-state index contributed by atoms with van der Waals surface area (Å²) in [6.07, 6.45) is 22.0. The van der Waals surface area contributed by atoms with Crippen LogP contribution >= 0.6 is 15.9 Å². The number of imidazole rings is 4. The first-order chi connectivity index (χ1) is 56.9. The largest absolute Gasteiger partial charge is 0.382 e. The van der Waals surface area contributed by atoms with Gasteiger partial charge in [0.25, 0.3) is 0 Å². The van der Waals surface area contributed by atoms with Crippen LogP contribution in [0, 0.1) is 0 Å². The van der Waals surface area contributed by atoms with Crippen molar-refractivity contribution >= 4 is 119 Å². The van der Waals surface area contributed by atoms with E-state index >= 15 is 0 Å². The molecule has 9 N–H and O–H groups in total. The number of aromatic amines is 1. The fourth-order valence-corrected chi connectivity index (χ4v) is 15.4. The summed E-state index contributed by atoms with van der Waals surface area (Å²) in [4.78, 5) is 108. The van der Waals surface area contributed by atoms with Crippen molar-refractivity contribution in [1.82, 2.24) is 118 Å². The molecule has 0 spiro atoms. The van der Waals surface area contributed by atoms with Gasteiger partial charge in [0.1, 0.15) is 90.9 Å². The number of nitrogens with zero attached hydrogens (tertiary/aromatic N) is 29. The third kappa shape index (κ3) is 17.5. The topological polar surface area (TPSA) is 449 Å². The Bertz CT molecular complexity index is 5640. The Morgan fingerprint density at radius 3 is 1.19 bits per heavy atom. The quantitative estimate of drug-likeness (QED) is 0.0635. The molecule has 18 heterocycles. The van der Waals surface area contributed by atoms with Gasteiger partial charge in [-0.25, -0.2) is 79.7 Å². The molecule has 6 saturated heterocycles. The van der Waals surface area contributed by atoms with Crippen LogP contribution in [0.25, 0.3) is 90.2 Å². The first-order valence-corrected chi connectivity index (χ1v) is 39.6. The number of morpholine rings is 4.